The maximum Gasteiger partial charge on any atom is 0.257 e. The molecule has 0 fully saturated rings. The van der Waals surface area contributed by atoms with Crippen LogP contribution in [0.25, 0.3) is 0 Å². The molecule has 0 aliphatic carbocycles. The van der Waals surface area contributed by atoms with Crippen LogP contribution in [0.1, 0.15) is 5.69 Å². The number of hydrogen-bond acceptors (Lipinski definition) is 3. The Bertz CT molecular complexity index is 193. The van der Waals surface area contributed by atoms with E-state index in [1.807, 2.05) is 0 Å². The fraction of sp³-hybridized carbons (Fsp3) is 0.250. The first kappa shape index (κ1) is 4.96. The molecule has 0 unspecified atom stereocenters. The lowest BCUT2D eigenvalue weighted by molar-refractivity contribution is 0.561. The molecule has 41 valence electrons. The van der Waals surface area contributed by atoms with Crippen LogP contribution in [0.4, 0.5) is 0 Å². The Hall–Kier alpha value is -1.19. The van der Waals surface area contributed by atoms with E-state index < -0.39 is 0 Å². The van der Waals surface area contributed by atoms with Crippen molar-refractivity contribution in [2.24, 2.45) is 7.05 Å². The van der Waals surface area contributed by atoms with Gasteiger partial charge in [0.2, 0.25) is 0 Å². The van der Waals surface area contributed by atoms with Crippen molar-refractivity contribution in [2.45, 2.75) is 0 Å². The van der Waals surface area contributed by atoms with Crippen LogP contribution in [0.5, 0.6) is 0 Å². The maximum atomic E-state index is 9.78. The molecule has 0 saturated heterocycles. The predicted octanol–water partition coefficient (Wildman–Crippen LogP) is -0.727. The third kappa shape index (κ3) is 0.726. The van der Waals surface area contributed by atoms with E-state index in [1.165, 1.54) is 10.9 Å². The molecular formula is C4H4N3O. The normalized spacial score (nSPS) is 9.12. The van der Waals surface area contributed by atoms with Crippen molar-refractivity contribution in [2.75, 3.05) is 0 Å². The van der Waals surface area contributed by atoms with E-state index in [4.69, 9.17) is 0 Å². The average Bonchev–Trinajstić information content (AvgIpc) is 2.14. The molecule has 0 aliphatic heterocycles. The van der Waals surface area contributed by atoms with E-state index in [0.717, 1.165) is 0 Å². The van der Waals surface area contributed by atoms with Crippen molar-refractivity contribution in [3.63, 3.8) is 0 Å². The summed E-state index contributed by atoms with van der Waals surface area (Å²) in [5.74, 6) is 0. The summed E-state index contributed by atoms with van der Waals surface area (Å²) < 4.78 is 1.44. The third-order valence-electron chi connectivity index (χ3n) is 0.707. The minimum Gasteiger partial charge on any atom is -0.283 e. The molecule has 1 heterocycles. The number of aryl methyl sites for hydroxylation is 1. The topological polar surface area (TPSA) is 47.8 Å². The monoisotopic (exact) mass is 110 g/mol. The molecule has 0 bridgehead atoms. The minimum absolute atomic E-state index is 0.243. The molecule has 8 heavy (non-hydrogen) atoms. The van der Waals surface area contributed by atoms with Crippen LogP contribution >= 0.6 is 0 Å². The number of nitrogens with zero attached hydrogens (tertiary/aromatic N) is 3. The summed E-state index contributed by atoms with van der Waals surface area (Å²) in [7, 11) is 1.69. The number of carbonyl (C=O) groups excluding carboxylic acids is 1. The van der Waals surface area contributed by atoms with Gasteiger partial charge in [0.25, 0.3) is 6.29 Å². The molecule has 1 radical (unpaired) electrons. The second-order valence-corrected chi connectivity index (χ2v) is 1.38. The van der Waals surface area contributed by atoms with Gasteiger partial charge in [-0.05, 0) is 0 Å². The second-order valence-electron chi connectivity index (χ2n) is 1.38. The van der Waals surface area contributed by atoms with E-state index in [9.17, 15) is 4.79 Å². The van der Waals surface area contributed by atoms with Crippen LogP contribution in [-0.4, -0.2) is 21.3 Å². The van der Waals surface area contributed by atoms with Gasteiger partial charge in [-0.2, -0.15) is 0 Å². The first-order valence-electron chi connectivity index (χ1n) is 2.07. The fourth-order valence-corrected chi connectivity index (χ4v) is 0.394. The lowest BCUT2D eigenvalue weighted by Gasteiger charge is -1.74. The fourth-order valence-electron chi connectivity index (χ4n) is 0.394. The van der Waals surface area contributed by atoms with Crippen molar-refractivity contribution in [3.8, 4) is 0 Å². The molecule has 0 spiro atoms. The highest BCUT2D eigenvalue weighted by Gasteiger charge is 1.92. The van der Waals surface area contributed by atoms with E-state index in [0.29, 0.717) is 0 Å². The van der Waals surface area contributed by atoms with Crippen molar-refractivity contribution in [1.29, 1.82) is 0 Å². The highest BCUT2D eigenvalue weighted by Crippen LogP contribution is 1.81. The zero-order chi connectivity index (χ0) is 5.98. The lowest BCUT2D eigenvalue weighted by Crippen LogP contribution is -1.85. The van der Waals surface area contributed by atoms with Gasteiger partial charge in [0.15, 0.2) is 5.69 Å². The molecule has 1 aromatic rings. The molecule has 0 aliphatic rings. The zero-order valence-electron chi connectivity index (χ0n) is 4.33. The Kier molecular flexibility index (Phi) is 1.07. The summed E-state index contributed by atoms with van der Waals surface area (Å²) >= 11 is 0. The molecule has 0 atom stereocenters. The minimum atomic E-state index is 0.243. The van der Waals surface area contributed by atoms with Crippen LogP contribution in [0.2, 0.25) is 0 Å². The Balaban J connectivity index is 3.00. The van der Waals surface area contributed by atoms with Crippen LogP contribution in [0.3, 0.4) is 0 Å². The maximum absolute atomic E-state index is 9.78. The largest absolute Gasteiger partial charge is 0.283 e. The molecule has 0 saturated carbocycles. The molecular weight excluding hydrogens is 106 g/mol. The summed E-state index contributed by atoms with van der Waals surface area (Å²) in [5.41, 5.74) is 0.243. The van der Waals surface area contributed by atoms with Crippen LogP contribution < -0.4 is 0 Å². The molecule has 1 aromatic heterocycles. The van der Waals surface area contributed by atoms with Crippen LogP contribution in [0.15, 0.2) is 6.20 Å². The number of hydrogen-bond donors (Lipinski definition) is 0. The molecule has 4 nitrogen and oxygen atoms in total. The summed E-state index contributed by atoms with van der Waals surface area (Å²) in [6.07, 6.45) is 3.10. The summed E-state index contributed by atoms with van der Waals surface area (Å²) in [6, 6.07) is 0. The predicted molar refractivity (Wildman–Crippen MR) is 25.8 cm³/mol. The van der Waals surface area contributed by atoms with E-state index in [2.05, 4.69) is 10.3 Å². The van der Waals surface area contributed by atoms with Gasteiger partial charge < -0.3 is 0 Å². The number of aromatic nitrogens is 3. The molecule has 0 aromatic carbocycles. The Morgan fingerprint density at radius 1 is 1.88 bits per heavy atom. The molecule has 0 N–H and O–H groups in total. The quantitative estimate of drug-likeness (QED) is 0.479. The van der Waals surface area contributed by atoms with E-state index in [1.54, 1.807) is 13.3 Å². The molecule has 1 rings (SSSR count). The van der Waals surface area contributed by atoms with Gasteiger partial charge in [-0.25, -0.2) is 0 Å². The van der Waals surface area contributed by atoms with Gasteiger partial charge in [0.1, 0.15) is 0 Å². The second kappa shape index (κ2) is 1.73. The average molecular weight is 110 g/mol. The first-order chi connectivity index (χ1) is 3.83. The zero-order valence-corrected chi connectivity index (χ0v) is 4.33. The standard InChI is InChI=1S/C4H4N3O/c1-7-2-4(3-8)5-6-7/h2H,1H3. The summed E-state index contributed by atoms with van der Waals surface area (Å²) in [6.45, 7) is 0. The van der Waals surface area contributed by atoms with E-state index >= 15 is 0 Å². The Morgan fingerprint density at radius 2 is 2.62 bits per heavy atom. The lowest BCUT2D eigenvalue weighted by atomic mass is 10.5. The van der Waals surface area contributed by atoms with Gasteiger partial charge in [-0.3, -0.25) is 9.48 Å². The SMILES string of the molecule is Cn1cc([C]=O)nn1. The molecule has 0 amide bonds. The van der Waals surface area contributed by atoms with Gasteiger partial charge in [-0.1, -0.05) is 5.21 Å². The summed E-state index contributed by atoms with van der Waals surface area (Å²) in [4.78, 5) is 9.78. The van der Waals surface area contributed by atoms with Crippen molar-refractivity contribution < 1.29 is 4.79 Å². The van der Waals surface area contributed by atoms with Crippen LogP contribution in [0, 0.1) is 0 Å². The highest BCUT2D eigenvalue weighted by atomic mass is 16.1. The Morgan fingerprint density at radius 3 is 2.88 bits per heavy atom. The van der Waals surface area contributed by atoms with Gasteiger partial charge in [-0.15, -0.1) is 5.10 Å². The van der Waals surface area contributed by atoms with Gasteiger partial charge in [0.05, 0.1) is 6.20 Å². The Labute approximate surface area is 46.1 Å². The van der Waals surface area contributed by atoms with Crippen LogP contribution in [-0.2, 0) is 11.8 Å². The van der Waals surface area contributed by atoms with Gasteiger partial charge in [0, 0.05) is 7.05 Å². The number of rotatable bonds is 1. The smallest absolute Gasteiger partial charge is 0.257 e. The van der Waals surface area contributed by atoms with Crippen molar-refractivity contribution in [3.05, 3.63) is 11.9 Å². The first-order valence-corrected chi connectivity index (χ1v) is 2.07. The summed E-state index contributed by atoms with van der Waals surface area (Å²) in [5, 5.41) is 6.92. The van der Waals surface area contributed by atoms with E-state index in [-0.39, 0.29) is 5.69 Å². The highest BCUT2D eigenvalue weighted by molar-refractivity contribution is 5.71. The van der Waals surface area contributed by atoms with Crippen molar-refractivity contribution >= 4 is 6.29 Å². The third-order valence-corrected chi connectivity index (χ3v) is 0.707. The molecule has 4 heteroatoms. The van der Waals surface area contributed by atoms with Gasteiger partial charge >= 0.3 is 0 Å². The van der Waals surface area contributed by atoms with Crippen molar-refractivity contribution in [1.82, 2.24) is 15.0 Å².